The van der Waals surface area contributed by atoms with E-state index in [4.69, 9.17) is 0 Å². The number of hydrogen-bond acceptors (Lipinski definition) is 2. The second kappa shape index (κ2) is 5.10. The zero-order chi connectivity index (χ0) is 12.4. The van der Waals surface area contributed by atoms with Gasteiger partial charge >= 0.3 is 0 Å². The van der Waals surface area contributed by atoms with Gasteiger partial charge in [-0.1, -0.05) is 15.9 Å². The van der Waals surface area contributed by atoms with Gasteiger partial charge in [0.1, 0.15) is 5.82 Å². The highest BCUT2D eigenvalue weighted by Crippen LogP contribution is 2.21. The number of hydrogen-bond donors (Lipinski definition) is 0. The van der Waals surface area contributed by atoms with Crippen LogP contribution in [0.5, 0.6) is 0 Å². The molecular weight excluding hydrogens is 303 g/mol. The smallest absolute Gasteiger partial charge is 0.177 e. The van der Waals surface area contributed by atoms with E-state index in [2.05, 4.69) is 15.9 Å². The van der Waals surface area contributed by atoms with Crippen molar-refractivity contribution in [1.29, 1.82) is 0 Å². The van der Waals surface area contributed by atoms with Gasteiger partial charge in [-0.3, -0.25) is 4.79 Å². The zero-order valence-corrected chi connectivity index (χ0v) is 11.6. The molecule has 0 bridgehead atoms. The Kier molecular flexibility index (Phi) is 3.74. The Hall–Kier alpha value is -1.00. The van der Waals surface area contributed by atoms with Crippen LogP contribution in [-0.2, 0) is 6.42 Å². The first-order valence-corrected chi connectivity index (χ1v) is 6.76. The third-order valence-electron chi connectivity index (χ3n) is 2.47. The van der Waals surface area contributed by atoms with E-state index < -0.39 is 0 Å². The monoisotopic (exact) mass is 312 g/mol. The van der Waals surface area contributed by atoms with Crippen LogP contribution in [-0.4, -0.2) is 5.78 Å². The highest BCUT2D eigenvalue weighted by Gasteiger charge is 2.13. The Balaban J connectivity index is 2.24. The minimum absolute atomic E-state index is 0.0329. The minimum Gasteiger partial charge on any atom is -0.293 e. The number of benzene rings is 1. The van der Waals surface area contributed by atoms with Crippen LogP contribution in [0.2, 0.25) is 0 Å². The summed E-state index contributed by atoms with van der Waals surface area (Å²) in [4.78, 5) is 12.7. The molecule has 0 unspecified atom stereocenters. The number of rotatable bonds is 3. The van der Waals surface area contributed by atoms with Gasteiger partial charge in [-0.25, -0.2) is 4.39 Å². The lowest BCUT2D eigenvalue weighted by atomic mass is 10.1. The number of aryl methyl sites for hydroxylation is 1. The highest BCUT2D eigenvalue weighted by atomic mass is 79.9. The van der Waals surface area contributed by atoms with E-state index in [9.17, 15) is 9.18 Å². The zero-order valence-electron chi connectivity index (χ0n) is 9.17. The SMILES string of the molecule is Cc1ccsc1C(=O)Cc1cc(Br)ccc1F. The molecule has 0 saturated heterocycles. The third-order valence-corrected chi connectivity index (χ3v) is 4.02. The van der Waals surface area contributed by atoms with Crippen molar-refractivity contribution in [3.05, 3.63) is 55.9 Å². The van der Waals surface area contributed by atoms with Crippen LogP contribution in [0.15, 0.2) is 34.1 Å². The van der Waals surface area contributed by atoms with Gasteiger partial charge in [0, 0.05) is 10.9 Å². The number of ketones is 1. The van der Waals surface area contributed by atoms with Crippen molar-refractivity contribution in [3.8, 4) is 0 Å². The topological polar surface area (TPSA) is 17.1 Å². The Labute approximate surface area is 111 Å². The van der Waals surface area contributed by atoms with Crippen molar-refractivity contribution in [3.63, 3.8) is 0 Å². The number of carbonyl (C=O) groups is 1. The summed E-state index contributed by atoms with van der Waals surface area (Å²) in [6.07, 6.45) is 0.104. The molecular formula is C13H10BrFOS. The maximum Gasteiger partial charge on any atom is 0.177 e. The summed E-state index contributed by atoms with van der Waals surface area (Å²) in [5, 5.41) is 1.87. The van der Waals surface area contributed by atoms with Crippen molar-refractivity contribution in [1.82, 2.24) is 0 Å². The molecule has 88 valence electrons. The fourth-order valence-electron chi connectivity index (χ4n) is 1.59. The first kappa shape index (κ1) is 12.5. The molecule has 0 aliphatic rings. The van der Waals surface area contributed by atoms with Gasteiger partial charge in [-0.15, -0.1) is 11.3 Å². The number of Topliss-reactive ketones (excluding diaryl/α,β-unsaturated/α-hetero) is 1. The van der Waals surface area contributed by atoms with Gasteiger partial charge in [0.2, 0.25) is 0 Å². The summed E-state index contributed by atoms with van der Waals surface area (Å²) in [5.41, 5.74) is 1.38. The van der Waals surface area contributed by atoms with Crippen molar-refractivity contribution in [2.75, 3.05) is 0 Å². The maximum atomic E-state index is 13.5. The summed E-state index contributed by atoms with van der Waals surface area (Å²) < 4.78 is 14.3. The van der Waals surface area contributed by atoms with Crippen LogP contribution in [0.1, 0.15) is 20.8 Å². The van der Waals surface area contributed by atoms with Crippen LogP contribution < -0.4 is 0 Å². The third kappa shape index (κ3) is 2.82. The first-order valence-electron chi connectivity index (χ1n) is 5.09. The molecule has 0 saturated carbocycles. The van der Waals surface area contributed by atoms with E-state index in [1.807, 2.05) is 18.4 Å². The normalized spacial score (nSPS) is 10.5. The lowest BCUT2D eigenvalue weighted by Crippen LogP contribution is -2.04. The molecule has 2 rings (SSSR count). The van der Waals surface area contributed by atoms with Gasteiger partial charge in [0.05, 0.1) is 4.88 Å². The van der Waals surface area contributed by atoms with Gasteiger partial charge < -0.3 is 0 Å². The maximum absolute atomic E-state index is 13.5. The molecule has 0 radical (unpaired) electrons. The largest absolute Gasteiger partial charge is 0.293 e. The first-order chi connectivity index (χ1) is 8.08. The molecule has 1 heterocycles. The second-order valence-corrected chi connectivity index (χ2v) is 5.60. The average Bonchev–Trinajstić information content (AvgIpc) is 2.70. The van der Waals surface area contributed by atoms with Gasteiger partial charge in [0.15, 0.2) is 5.78 Å². The van der Waals surface area contributed by atoms with Gasteiger partial charge in [0.25, 0.3) is 0 Å². The molecule has 2 aromatic rings. The molecule has 0 spiro atoms. The van der Waals surface area contributed by atoms with E-state index >= 15 is 0 Å². The molecule has 0 amide bonds. The van der Waals surface area contributed by atoms with Gasteiger partial charge in [-0.2, -0.15) is 0 Å². The summed E-state index contributed by atoms with van der Waals surface area (Å²) in [7, 11) is 0. The van der Waals surface area contributed by atoms with Crippen LogP contribution in [0.3, 0.4) is 0 Å². The molecule has 0 N–H and O–H groups in total. The molecule has 4 heteroatoms. The Bertz CT molecular complexity index is 562. The van der Waals surface area contributed by atoms with Crippen LogP contribution in [0.25, 0.3) is 0 Å². The highest BCUT2D eigenvalue weighted by molar-refractivity contribution is 9.10. The molecule has 1 aromatic heterocycles. The average molecular weight is 313 g/mol. The lowest BCUT2D eigenvalue weighted by Gasteiger charge is -2.03. The molecule has 0 fully saturated rings. The second-order valence-electron chi connectivity index (χ2n) is 3.77. The summed E-state index contributed by atoms with van der Waals surface area (Å²) in [5.74, 6) is -0.370. The van der Waals surface area contributed by atoms with Crippen molar-refractivity contribution in [2.45, 2.75) is 13.3 Å². The van der Waals surface area contributed by atoms with E-state index in [0.717, 1.165) is 10.0 Å². The molecule has 0 aliphatic carbocycles. The standard InChI is InChI=1S/C13H10BrFOS/c1-8-4-5-17-13(8)12(16)7-9-6-10(14)2-3-11(9)15/h2-6H,7H2,1H3. The summed E-state index contributed by atoms with van der Waals surface area (Å²) >= 11 is 4.68. The van der Waals surface area contributed by atoms with Crippen LogP contribution >= 0.6 is 27.3 Å². The quantitative estimate of drug-likeness (QED) is 0.768. The molecule has 0 aliphatic heterocycles. The molecule has 0 atom stereocenters. The fourth-order valence-corrected chi connectivity index (χ4v) is 2.86. The molecule has 1 aromatic carbocycles. The van der Waals surface area contributed by atoms with Gasteiger partial charge in [-0.05, 0) is 47.7 Å². The van der Waals surface area contributed by atoms with E-state index in [0.29, 0.717) is 10.4 Å². The summed E-state index contributed by atoms with van der Waals surface area (Å²) in [6, 6.07) is 6.54. The van der Waals surface area contributed by atoms with E-state index in [1.54, 1.807) is 12.1 Å². The van der Waals surface area contributed by atoms with Crippen LogP contribution in [0.4, 0.5) is 4.39 Å². The Morgan fingerprint density at radius 1 is 1.41 bits per heavy atom. The predicted molar refractivity (Wildman–Crippen MR) is 71.2 cm³/mol. The predicted octanol–water partition coefficient (Wildman–Crippen LogP) is 4.38. The van der Waals surface area contributed by atoms with E-state index in [-0.39, 0.29) is 18.0 Å². The number of carbonyl (C=O) groups excluding carboxylic acids is 1. The van der Waals surface area contributed by atoms with Crippen LogP contribution in [0, 0.1) is 12.7 Å². The molecule has 17 heavy (non-hydrogen) atoms. The van der Waals surface area contributed by atoms with Crippen molar-refractivity contribution in [2.24, 2.45) is 0 Å². The summed E-state index contributed by atoms with van der Waals surface area (Å²) in [6.45, 7) is 1.89. The molecule has 1 nitrogen and oxygen atoms in total. The minimum atomic E-state index is -0.337. The number of halogens is 2. The van der Waals surface area contributed by atoms with Crippen molar-refractivity contribution < 1.29 is 9.18 Å². The van der Waals surface area contributed by atoms with Crippen molar-refractivity contribution >= 4 is 33.0 Å². The number of thiophene rings is 1. The van der Waals surface area contributed by atoms with E-state index in [1.165, 1.54) is 17.4 Å². The fraction of sp³-hybridized carbons (Fsp3) is 0.154. The Morgan fingerprint density at radius 3 is 2.82 bits per heavy atom. The lowest BCUT2D eigenvalue weighted by molar-refractivity contribution is 0.0995. The Morgan fingerprint density at radius 2 is 2.18 bits per heavy atom.